The number of rotatable bonds is 4. The standard InChI is InChI=1S/C13H14N2O3/c1-17-11-4-2-3-10(14)12(11)13(16)15-7-9-5-6-18-8-9/h2-6,8H,7,14H2,1H3,(H,15,16). The lowest BCUT2D eigenvalue weighted by molar-refractivity contribution is 0.0949. The van der Waals surface area contributed by atoms with Gasteiger partial charge in [0.25, 0.3) is 5.91 Å². The number of hydrogen-bond donors (Lipinski definition) is 2. The zero-order valence-electron chi connectivity index (χ0n) is 9.97. The van der Waals surface area contributed by atoms with Gasteiger partial charge in [0, 0.05) is 17.8 Å². The highest BCUT2D eigenvalue weighted by Gasteiger charge is 2.15. The summed E-state index contributed by atoms with van der Waals surface area (Å²) in [5, 5.41) is 2.76. The highest BCUT2D eigenvalue weighted by molar-refractivity contribution is 6.01. The van der Waals surface area contributed by atoms with Gasteiger partial charge in [-0.05, 0) is 18.2 Å². The maximum Gasteiger partial charge on any atom is 0.257 e. The van der Waals surface area contributed by atoms with E-state index in [1.807, 2.05) is 0 Å². The highest BCUT2D eigenvalue weighted by Crippen LogP contribution is 2.23. The first-order valence-electron chi connectivity index (χ1n) is 5.44. The summed E-state index contributed by atoms with van der Waals surface area (Å²) in [5.74, 6) is 0.186. The number of nitrogens with one attached hydrogen (secondary N) is 1. The minimum absolute atomic E-state index is 0.272. The van der Waals surface area contributed by atoms with Gasteiger partial charge in [-0.25, -0.2) is 0 Å². The van der Waals surface area contributed by atoms with Crippen LogP contribution >= 0.6 is 0 Å². The first-order valence-corrected chi connectivity index (χ1v) is 5.44. The van der Waals surface area contributed by atoms with Crippen LogP contribution in [0.4, 0.5) is 5.69 Å². The second kappa shape index (κ2) is 5.27. The average Bonchev–Trinajstić information content (AvgIpc) is 2.88. The molecule has 0 aliphatic rings. The molecule has 1 aromatic heterocycles. The molecule has 0 saturated carbocycles. The van der Waals surface area contributed by atoms with Gasteiger partial charge in [0.2, 0.25) is 0 Å². The SMILES string of the molecule is COc1cccc(N)c1C(=O)NCc1ccoc1. The number of hydrogen-bond acceptors (Lipinski definition) is 4. The third-order valence-electron chi connectivity index (χ3n) is 2.54. The molecule has 0 fully saturated rings. The molecular weight excluding hydrogens is 232 g/mol. The molecule has 0 unspecified atom stereocenters. The number of nitrogens with two attached hydrogens (primary N) is 1. The summed E-state index contributed by atoms with van der Waals surface area (Å²) in [5.41, 5.74) is 7.41. The number of amides is 1. The van der Waals surface area contributed by atoms with Crippen LogP contribution in [0.1, 0.15) is 15.9 Å². The third kappa shape index (κ3) is 2.45. The Morgan fingerprint density at radius 3 is 2.94 bits per heavy atom. The minimum Gasteiger partial charge on any atom is -0.496 e. The number of anilines is 1. The van der Waals surface area contributed by atoms with E-state index in [1.165, 1.54) is 7.11 Å². The van der Waals surface area contributed by atoms with Crippen LogP contribution < -0.4 is 15.8 Å². The van der Waals surface area contributed by atoms with Crippen LogP contribution in [0.15, 0.2) is 41.2 Å². The van der Waals surface area contributed by atoms with Gasteiger partial charge in [0.05, 0.1) is 19.6 Å². The molecule has 1 heterocycles. The number of nitrogen functional groups attached to an aromatic ring is 1. The number of benzene rings is 1. The van der Waals surface area contributed by atoms with Crippen molar-refractivity contribution in [3.05, 3.63) is 47.9 Å². The first-order chi connectivity index (χ1) is 8.72. The number of methoxy groups -OCH3 is 1. The van der Waals surface area contributed by atoms with Gasteiger partial charge in [-0.1, -0.05) is 6.07 Å². The zero-order valence-corrected chi connectivity index (χ0v) is 9.97. The van der Waals surface area contributed by atoms with Gasteiger partial charge in [0.1, 0.15) is 11.3 Å². The van der Waals surface area contributed by atoms with Gasteiger partial charge >= 0.3 is 0 Å². The Morgan fingerprint density at radius 2 is 2.28 bits per heavy atom. The van der Waals surface area contributed by atoms with Gasteiger partial charge in [-0.3, -0.25) is 4.79 Å². The Balaban J connectivity index is 2.13. The maximum absolute atomic E-state index is 12.0. The van der Waals surface area contributed by atoms with Gasteiger partial charge in [0.15, 0.2) is 0 Å². The first kappa shape index (κ1) is 12.0. The van der Waals surface area contributed by atoms with Crippen molar-refractivity contribution >= 4 is 11.6 Å². The molecule has 0 saturated heterocycles. The Hall–Kier alpha value is -2.43. The fourth-order valence-electron chi connectivity index (χ4n) is 1.63. The Morgan fingerprint density at radius 1 is 1.44 bits per heavy atom. The summed E-state index contributed by atoms with van der Waals surface area (Å²) in [6.45, 7) is 0.382. The molecule has 1 aromatic carbocycles. The van der Waals surface area contributed by atoms with E-state index in [0.29, 0.717) is 23.5 Å². The van der Waals surface area contributed by atoms with Crippen LogP contribution in [-0.4, -0.2) is 13.0 Å². The van der Waals surface area contributed by atoms with Crippen molar-refractivity contribution in [1.82, 2.24) is 5.32 Å². The summed E-state index contributed by atoms with van der Waals surface area (Å²) < 4.78 is 10.0. The molecule has 2 aromatic rings. The lowest BCUT2D eigenvalue weighted by Crippen LogP contribution is -2.24. The normalized spacial score (nSPS) is 10.1. The van der Waals surface area contributed by atoms with E-state index in [-0.39, 0.29) is 5.91 Å². The summed E-state index contributed by atoms with van der Waals surface area (Å²) in [6.07, 6.45) is 3.13. The fraction of sp³-hybridized carbons (Fsp3) is 0.154. The molecular formula is C13H14N2O3. The third-order valence-corrected chi connectivity index (χ3v) is 2.54. The van der Waals surface area contributed by atoms with Crippen molar-refractivity contribution in [2.24, 2.45) is 0 Å². The van der Waals surface area contributed by atoms with Crippen LogP contribution in [0.2, 0.25) is 0 Å². The quantitative estimate of drug-likeness (QED) is 0.806. The lowest BCUT2D eigenvalue weighted by Gasteiger charge is -2.10. The van der Waals surface area contributed by atoms with Crippen molar-refractivity contribution in [1.29, 1.82) is 0 Å². The monoisotopic (exact) mass is 246 g/mol. The zero-order chi connectivity index (χ0) is 13.0. The fourth-order valence-corrected chi connectivity index (χ4v) is 1.63. The molecule has 5 heteroatoms. The van der Waals surface area contributed by atoms with E-state index in [0.717, 1.165) is 5.56 Å². The van der Waals surface area contributed by atoms with Crippen molar-refractivity contribution < 1.29 is 13.9 Å². The molecule has 18 heavy (non-hydrogen) atoms. The topological polar surface area (TPSA) is 77.5 Å². The molecule has 0 aliphatic carbocycles. The van der Waals surface area contributed by atoms with Crippen molar-refractivity contribution in [3.63, 3.8) is 0 Å². The van der Waals surface area contributed by atoms with Gasteiger partial charge < -0.3 is 20.2 Å². The lowest BCUT2D eigenvalue weighted by atomic mass is 10.1. The molecule has 5 nitrogen and oxygen atoms in total. The molecule has 0 spiro atoms. The number of carbonyl (C=O) groups is 1. The second-order valence-corrected chi connectivity index (χ2v) is 3.74. The van der Waals surface area contributed by atoms with Crippen LogP contribution in [0.5, 0.6) is 5.75 Å². The Kier molecular flexibility index (Phi) is 3.52. The molecule has 0 radical (unpaired) electrons. The molecule has 0 atom stereocenters. The number of ether oxygens (including phenoxy) is 1. The molecule has 0 aliphatic heterocycles. The van der Waals surface area contributed by atoms with E-state index in [9.17, 15) is 4.79 Å². The summed E-state index contributed by atoms with van der Waals surface area (Å²) >= 11 is 0. The average molecular weight is 246 g/mol. The van der Waals surface area contributed by atoms with Crippen LogP contribution in [-0.2, 0) is 6.54 Å². The van der Waals surface area contributed by atoms with Crippen molar-refractivity contribution in [3.8, 4) is 5.75 Å². The predicted octanol–water partition coefficient (Wildman–Crippen LogP) is 1.80. The van der Waals surface area contributed by atoms with E-state index in [1.54, 1.807) is 36.8 Å². The molecule has 2 rings (SSSR count). The second-order valence-electron chi connectivity index (χ2n) is 3.74. The van der Waals surface area contributed by atoms with Crippen LogP contribution in [0.3, 0.4) is 0 Å². The predicted molar refractivity (Wildman–Crippen MR) is 67.3 cm³/mol. The summed E-state index contributed by atoms with van der Waals surface area (Å²) in [6, 6.07) is 6.88. The molecule has 3 N–H and O–H groups in total. The number of furan rings is 1. The maximum atomic E-state index is 12.0. The Bertz CT molecular complexity index is 535. The van der Waals surface area contributed by atoms with Crippen molar-refractivity contribution in [2.45, 2.75) is 6.54 Å². The molecule has 1 amide bonds. The summed E-state index contributed by atoms with van der Waals surface area (Å²) in [4.78, 5) is 12.0. The van der Waals surface area contributed by atoms with Gasteiger partial charge in [-0.15, -0.1) is 0 Å². The summed E-state index contributed by atoms with van der Waals surface area (Å²) in [7, 11) is 1.50. The van der Waals surface area contributed by atoms with Crippen LogP contribution in [0, 0.1) is 0 Å². The van der Waals surface area contributed by atoms with E-state index in [4.69, 9.17) is 14.9 Å². The highest BCUT2D eigenvalue weighted by atomic mass is 16.5. The van der Waals surface area contributed by atoms with E-state index < -0.39 is 0 Å². The minimum atomic E-state index is -0.272. The number of carbonyl (C=O) groups excluding carboxylic acids is 1. The molecule has 0 bridgehead atoms. The van der Waals surface area contributed by atoms with E-state index >= 15 is 0 Å². The largest absolute Gasteiger partial charge is 0.496 e. The van der Waals surface area contributed by atoms with Crippen molar-refractivity contribution in [2.75, 3.05) is 12.8 Å². The van der Waals surface area contributed by atoms with E-state index in [2.05, 4.69) is 5.32 Å². The Labute approximate surface area is 105 Å². The molecule has 94 valence electrons. The smallest absolute Gasteiger partial charge is 0.257 e. The van der Waals surface area contributed by atoms with Gasteiger partial charge in [-0.2, -0.15) is 0 Å². The van der Waals surface area contributed by atoms with Crippen LogP contribution in [0.25, 0.3) is 0 Å².